The van der Waals surface area contributed by atoms with Crippen LogP contribution < -0.4 is 10.2 Å². The number of hydrazone groups is 1. The van der Waals surface area contributed by atoms with E-state index in [4.69, 9.17) is 4.74 Å². The van der Waals surface area contributed by atoms with Crippen LogP contribution in [0.3, 0.4) is 0 Å². The number of ether oxygens (including phenoxy) is 1. The number of carbonyl (C=O) groups is 1. The SMILES string of the molecule is CCCCOc1ccc(/C=N\NC(=O)CSc2nc3ccccc3[nH]2)cc1. The largest absolute Gasteiger partial charge is 0.494 e. The maximum absolute atomic E-state index is 11.9. The van der Waals surface area contributed by atoms with Gasteiger partial charge in [-0.15, -0.1) is 0 Å². The first-order valence-electron chi connectivity index (χ1n) is 8.87. The van der Waals surface area contributed by atoms with Crippen LogP contribution in [0.1, 0.15) is 25.3 Å². The summed E-state index contributed by atoms with van der Waals surface area (Å²) in [5.74, 6) is 0.893. The van der Waals surface area contributed by atoms with Gasteiger partial charge in [-0.05, 0) is 48.4 Å². The van der Waals surface area contributed by atoms with Crippen LogP contribution in [-0.2, 0) is 4.79 Å². The number of aromatic nitrogens is 2. The third kappa shape index (κ3) is 5.86. The number of amides is 1. The van der Waals surface area contributed by atoms with Gasteiger partial charge in [0.15, 0.2) is 5.16 Å². The van der Waals surface area contributed by atoms with E-state index in [9.17, 15) is 4.79 Å². The molecule has 1 amide bonds. The number of benzene rings is 2. The molecule has 0 atom stereocenters. The number of para-hydroxylation sites is 2. The molecule has 0 aliphatic rings. The van der Waals surface area contributed by atoms with Crippen molar-refractivity contribution in [3.05, 3.63) is 54.1 Å². The molecule has 0 saturated heterocycles. The molecular weight excluding hydrogens is 360 g/mol. The van der Waals surface area contributed by atoms with E-state index in [1.54, 1.807) is 6.21 Å². The second-order valence-electron chi connectivity index (χ2n) is 5.91. The van der Waals surface area contributed by atoms with E-state index >= 15 is 0 Å². The van der Waals surface area contributed by atoms with Crippen LogP contribution in [0.15, 0.2) is 58.8 Å². The zero-order valence-corrected chi connectivity index (χ0v) is 16.0. The average molecular weight is 382 g/mol. The first-order valence-corrected chi connectivity index (χ1v) is 9.85. The highest BCUT2D eigenvalue weighted by atomic mass is 32.2. The molecule has 27 heavy (non-hydrogen) atoms. The maximum atomic E-state index is 11.9. The number of aromatic amines is 1. The minimum atomic E-state index is -0.184. The Kier molecular flexibility index (Phi) is 6.87. The number of hydrogen-bond acceptors (Lipinski definition) is 5. The van der Waals surface area contributed by atoms with E-state index in [0.29, 0.717) is 5.16 Å². The van der Waals surface area contributed by atoms with Crippen LogP contribution in [0, 0.1) is 0 Å². The van der Waals surface area contributed by atoms with E-state index in [-0.39, 0.29) is 11.7 Å². The molecule has 0 bridgehead atoms. The van der Waals surface area contributed by atoms with Crippen molar-refractivity contribution in [1.29, 1.82) is 0 Å². The Morgan fingerprint density at radius 1 is 1.26 bits per heavy atom. The molecule has 0 aliphatic heterocycles. The molecule has 1 aromatic heterocycles. The maximum Gasteiger partial charge on any atom is 0.250 e. The number of hydrogen-bond donors (Lipinski definition) is 2. The van der Waals surface area contributed by atoms with Gasteiger partial charge >= 0.3 is 0 Å². The molecule has 0 saturated carbocycles. The Morgan fingerprint density at radius 2 is 2.07 bits per heavy atom. The monoisotopic (exact) mass is 382 g/mol. The summed E-state index contributed by atoms with van der Waals surface area (Å²) in [6.45, 7) is 2.86. The second kappa shape index (κ2) is 9.78. The Bertz CT molecular complexity index is 873. The van der Waals surface area contributed by atoms with Crippen molar-refractivity contribution in [2.45, 2.75) is 24.9 Å². The smallest absolute Gasteiger partial charge is 0.250 e. The molecule has 3 rings (SSSR count). The molecule has 0 spiro atoms. The van der Waals surface area contributed by atoms with Gasteiger partial charge in [-0.25, -0.2) is 10.4 Å². The minimum absolute atomic E-state index is 0.184. The Balaban J connectivity index is 1.42. The van der Waals surface area contributed by atoms with Gasteiger partial charge in [-0.3, -0.25) is 4.79 Å². The molecule has 0 unspecified atom stereocenters. The van der Waals surface area contributed by atoms with Gasteiger partial charge in [-0.1, -0.05) is 37.2 Å². The standard InChI is InChI=1S/C20H22N4O2S/c1-2-3-12-26-16-10-8-15(9-11-16)13-21-24-19(25)14-27-20-22-17-6-4-5-7-18(17)23-20/h4-11,13H,2-3,12,14H2,1H3,(H,22,23)(H,24,25)/b21-13-. The summed E-state index contributed by atoms with van der Waals surface area (Å²) in [5.41, 5.74) is 5.27. The number of carbonyl (C=O) groups excluding carboxylic acids is 1. The van der Waals surface area contributed by atoms with Gasteiger partial charge in [0.25, 0.3) is 5.91 Å². The van der Waals surface area contributed by atoms with Crippen molar-refractivity contribution >= 4 is 34.9 Å². The van der Waals surface area contributed by atoms with Crippen LogP contribution in [0.2, 0.25) is 0 Å². The molecule has 0 aliphatic carbocycles. The molecule has 0 radical (unpaired) electrons. The quantitative estimate of drug-likeness (QED) is 0.254. The van der Waals surface area contributed by atoms with Crippen LogP contribution in [0.25, 0.3) is 11.0 Å². The predicted octanol–water partition coefficient (Wildman–Crippen LogP) is 3.98. The van der Waals surface area contributed by atoms with Crippen molar-refractivity contribution in [3.63, 3.8) is 0 Å². The lowest BCUT2D eigenvalue weighted by molar-refractivity contribution is -0.118. The summed E-state index contributed by atoms with van der Waals surface area (Å²) in [4.78, 5) is 19.5. The summed E-state index contributed by atoms with van der Waals surface area (Å²) in [7, 11) is 0. The number of rotatable bonds is 9. The summed E-state index contributed by atoms with van der Waals surface area (Å²) in [6.07, 6.45) is 3.76. The van der Waals surface area contributed by atoms with E-state index in [2.05, 4.69) is 27.4 Å². The summed E-state index contributed by atoms with van der Waals surface area (Å²) in [6, 6.07) is 15.4. The number of imidazole rings is 1. The molecular formula is C20H22N4O2S. The van der Waals surface area contributed by atoms with Crippen LogP contribution >= 0.6 is 11.8 Å². The van der Waals surface area contributed by atoms with Gasteiger partial charge in [0.2, 0.25) is 0 Å². The van der Waals surface area contributed by atoms with Gasteiger partial charge in [0.05, 0.1) is 29.6 Å². The van der Waals surface area contributed by atoms with Crippen molar-refractivity contribution < 1.29 is 9.53 Å². The van der Waals surface area contributed by atoms with E-state index in [1.165, 1.54) is 11.8 Å². The highest BCUT2D eigenvalue weighted by Crippen LogP contribution is 2.18. The van der Waals surface area contributed by atoms with Crippen LogP contribution in [-0.4, -0.2) is 34.4 Å². The summed E-state index contributed by atoms with van der Waals surface area (Å²) >= 11 is 1.34. The van der Waals surface area contributed by atoms with Crippen molar-refractivity contribution in [2.75, 3.05) is 12.4 Å². The Morgan fingerprint density at radius 3 is 2.85 bits per heavy atom. The molecule has 2 N–H and O–H groups in total. The fourth-order valence-electron chi connectivity index (χ4n) is 2.33. The first-order chi connectivity index (χ1) is 13.2. The molecule has 140 valence electrons. The lowest BCUT2D eigenvalue weighted by Crippen LogP contribution is -2.19. The molecule has 1 heterocycles. The van der Waals surface area contributed by atoms with E-state index < -0.39 is 0 Å². The summed E-state index contributed by atoms with van der Waals surface area (Å²) in [5, 5.41) is 4.71. The number of nitrogens with one attached hydrogen (secondary N) is 2. The Hall–Kier alpha value is -2.80. The van der Waals surface area contributed by atoms with Crippen LogP contribution in [0.4, 0.5) is 0 Å². The van der Waals surface area contributed by atoms with Crippen molar-refractivity contribution in [3.8, 4) is 5.75 Å². The normalized spacial score (nSPS) is 11.1. The lowest BCUT2D eigenvalue weighted by Gasteiger charge is -2.04. The highest BCUT2D eigenvalue weighted by molar-refractivity contribution is 7.99. The highest BCUT2D eigenvalue weighted by Gasteiger charge is 2.06. The predicted molar refractivity (Wildman–Crippen MR) is 109 cm³/mol. The molecule has 0 fully saturated rings. The molecule has 7 heteroatoms. The zero-order chi connectivity index (χ0) is 18.9. The fraction of sp³-hybridized carbons (Fsp3) is 0.250. The van der Waals surface area contributed by atoms with Crippen molar-refractivity contribution in [1.82, 2.24) is 15.4 Å². The molecule has 3 aromatic rings. The number of fused-ring (bicyclic) bond motifs is 1. The topological polar surface area (TPSA) is 79.4 Å². The zero-order valence-electron chi connectivity index (χ0n) is 15.1. The van der Waals surface area contributed by atoms with E-state index in [0.717, 1.165) is 41.8 Å². The molecule has 6 nitrogen and oxygen atoms in total. The second-order valence-corrected chi connectivity index (χ2v) is 6.88. The van der Waals surface area contributed by atoms with Gasteiger partial charge in [0, 0.05) is 0 Å². The van der Waals surface area contributed by atoms with Crippen molar-refractivity contribution in [2.24, 2.45) is 5.10 Å². The molecule has 2 aromatic carbocycles. The number of nitrogens with zero attached hydrogens (tertiary/aromatic N) is 2. The van der Waals surface area contributed by atoms with Gasteiger partial charge in [0.1, 0.15) is 5.75 Å². The summed E-state index contributed by atoms with van der Waals surface area (Å²) < 4.78 is 5.61. The lowest BCUT2D eigenvalue weighted by atomic mass is 10.2. The van der Waals surface area contributed by atoms with E-state index in [1.807, 2.05) is 48.5 Å². The third-order valence-corrected chi connectivity index (χ3v) is 4.63. The Labute approximate surface area is 162 Å². The van der Waals surface area contributed by atoms with Crippen LogP contribution in [0.5, 0.6) is 5.75 Å². The van der Waals surface area contributed by atoms with Gasteiger partial charge in [-0.2, -0.15) is 5.10 Å². The van der Waals surface area contributed by atoms with Gasteiger partial charge < -0.3 is 9.72 Å². The number of thioether (sulfide) groups is 1. The fourth-order valence-corrected chi connectivity index (χ4v) is 3.00. The number of unbranched alkanes of at least 4 members (excludes halogenated alkanes) is 1. The minimum Gasteiger partial charge on any atom is -0.494 e. The first kappa shape index (κ1) is 19.0. The number of H-pyrrole nitrogens is 1. The third-order valence-electron chi connectivity index (χ3n) is 3.76. The average Bonchev–Trinajstić information content (AvgIpc) is 3.11.